The molecule has 0 saturated heterocycles. The van der Waals surface area contributed by atoms with Gasteiger partial charge in [0.2, 0.25) is 0 Å². The van der Waals surface area contributed by atoms with Crippen LogP contribution in [0, 0.1) is 10.1 Å². The molecule has 0 aliphatic rings. The fourth-order valence-corrected chi connectivity index (χ4v) is 2.60. The summed E-state index contributed by atoms with van der Waals surface area (Å²) in [5.74, 6) is -0.563. The molecule has 0 aliphatic heterocycles. The third-order valence-electron chi connectivity index (χ3n) is 3.84. The maximum Gasteiger partial charge on any atom is 0.330 e. The molecule has 1 atom stereocenters. The van der Waals surface area contributed by atoms with Crippen LogP contribution in [0.15, 0.2) is 49.1 Å². The molecule has 0 amide bonds. The smallest absolute Gasteiger partial charge is 0.330 e. The standard InChI is InChI=1S/C18H16N4O5/c1-3-18(24)27-11(2)8-12-4-7-17(23)16(9-12)21-19-14-6-5-13(22(25)26)10-15(14)20-21/h3-7,9-11,23H,1,8H2,2H3. The molecule has 0 fully saturated rings. The molecule has 0 aliphatic carbocycles. The Balaban J connectivity index is 1.92. The van der Waals surface area contributed by atoms with Gasteiger partial charge in [-0.1, -0.05) is 12.6 Å². The second kappa shape index (κ2) is 7.24. The lowest BCUT2D eigenvalue weighted by Crippen LogP contribution is -2.15. The van der Waals surface area contributed by atoms with E-state index in [4.69, 9.17) is 4.74 Å². The molecule has 9 nitrogen and oxygen atoms in total. The van der Waals surface area contributed by atoms with Crippen molar-refractivity contribution in [2.24, 2.45) is 0 Å². The first-order valence-electron chi connectivity index (χ1n) is 8.04. The molecule has 2 aromatic carbocycles. The molecule has 27 heavy (non-hydrogen) atoms. The zero-order valence-electron chi connectivity index (χ0n) is 14.4. The lowest BCUT2D eigenvalue weighted by atomic mass is 10.1. The number of nitrogens with zero attached hydrogens (tertiary/aromatic N) is 4. The number of aromatic hydroxyl groups is 1. The Bertz CT molecular complexity index is 1040. The monoisotopic (exact) mass is 368 g/mol. The highest BCUT2D eigenvalue weighted by Gasteiger charge is 2.15. The fraction of sp³-hybridized carbons (Fsp3) is 0.167. The minimum Gasteiger partial charge on any atom is -0.506 e. The van der Waals surface area contributed by atoms with Crippen molar-refractivity contribution in [3.63, 3.8) is 0 Å². The summed E-state index contributed by atoms with van der Waals surface area (Å²) in [7, 11) is 0. The Hall–Kier alpha value is -3.75. The lowest BCUT2D eigenvalue weighted by Gasteiger charge is -2.13. The number of nitro benzene ring substituents is 1. The van der Waals surface area contributed by atoms with Crippen LogP contribution in [-0.4, -0.2) is 37.1 Å². The van der Waals surface area contributed by atoms with Gasteiger partial charge in [0.05, 0.1) is 4.92 Å². The van der Waals surface area contributed by atoms with E-state index in [0.717, 1.165) is 11.6 Å². The van der Waals surface area contributed by atoms with E-state index >= 15 is 0 Å². The van der Waals surface area contributed by atoms with E-state index in [9.17, 15) is 20.0 Å². The van der Waals surface area contributed by atoms with Crippen molar-refractivity contribution in [2.45, 2.75) is 19.4 Å². The first-order valence-corrected chi connectivity index (χ1v) is 8.04. The summed E-state index contributed by atoms with van der Waals surface area (Å²) in [6.45, 7) is 5.10. The van der Waals surface area contributed by atoms with Crippen molar-refractivity contribution < 1.29 is 19.6 Å². The SMILES string of the molecule is C=CC(=O)OC(C)Cc1ccc(O)c(-n2nc3ccc([N+](=O)[O-])cc3n2)c1. The number of ether oxygens (including phenoxy) is 1. The largest absolute Gasteiger partial charge is 0.506 e. The van der Waals surface area contributed by atoms with E-state index in [-0.39, 0.29) is 17.5 Å². The summed E-state index contributed by atoms with van der Waals surface area (Å²) in [6.07, 6.45) is 1.12. The van der Waals surface area contributed by atoms with Gasteiger partial charge in [-0.2, -0.15) is 0 Å². The zero-order valence-corrected chi connectivity index (χ0v) is 14.4. The predicted octanol–water partition coefficient (Wildman–Crippen LogP) is 2.69. The van der Waals surface area contributed by atoms with Crippen molar-refractivity contribution in [3.8, 4) is 11.4 Å². The molecule has 1 heterocycles. The number of carbonyl (C=O) groups is 1. The normalized spacial score (nSPS) is 11.9. The molecule has 0 radical (unpaired) electrons. The van der Waals surface area contributed by atoms with Crippen LogP contribution in [-0.2, 0) is 16.0 Å². The van der Waals surface area contributed by atoms with Crippen molar-refractivity contribution in [1.82, 2.24) is 15.0 Å². The van der Waals surface area contributed by atoms with Crippen LogP contribution in [0.25, 0.3) is 16.7 Å². The zero-order chi connectivity index (χ0) is 19.6. The second-order valence-corrected chi connectivity index (χ2v) is 5.90. The van der Waals surface area contributed by atoms with Gasteiger partial charge >= 0.3 is 5.97 Å². The van der Waals surface area contributed by atoms with Crippen LogP contribution in [0.4, 0.5) is 5.69 Å². The minimum atomic E-state index is -0.511. The molecule has 9 heteroatoms. The Kier molecular flexibility index (Phi) is 4.84. The van der Waals surface area contributed by atoms with Gasteiger partial charge in [-0.25, -0.2) is 4.79 Å². The van der Waals surface area contributed by atoms with Crippen LogP contribution in [0.5, 0.6) is 5.75 Å². The van der Waals surface area contributed by atoms with Gasteiger partial charge in [0.15, 0.2) is 0 Å². The molecule has 0 spiro atoms. The summed E-state index contributed by atoms with van der Waals surface area (Å²) in [5.41, 5.74) is 1.81. The van der Waals surface area contributed by atoms with Crippen molar-refractivity contribution in [2.75, 3.05) is 0 Å². The number of benzene rings is 2. The summed E-state index contributed by atoms with van der Waals surface area (Å²) >= 11 is 0. The van der Waals surface area contributed by atoms with Gasteiger partial charge in [-0.05, 0) is 30.7 Å². The van der Waals surface area contributed by atoms with Crippen molar-refractivity contribution in [1.29, 1.82) is 0 Å². The molecule has 3 aromatic rings. The van der Waals surface area contributed by atoms with E-state index in [0.29, 0.717) is 23.1 Å². The van der Waals surface area contributed by atoms with Crippen LogP contribution in [0.3, 0.4) is 0 Å². The molecule has 3 rings (SSSR count). The number of hydrogen-bond donors (Lipinski definition) is 1. The van der Waals surface area contributed by atoms with Gasteiger partial charge in [-0.3, -0.25) is 10.1 Å². The average molecular weight is 368 g/mol. The van der Waals surface area contributed by atoms with Gasteiger partial charge in [0.25, 0.3) is 5.69 Å². The van der Waals surface area contributed by atoms with E-state index in [1.807, 2.05) is 0 Å². The second-order valence-electron chi connectivity index (χ2n) is 5.90. The Morgan fingerprint density at radius 1 is 1.33 bits per heavy atom. The third-order valence-corrected chi connectivity index (χ3v) is 3.84. The summed E-state index contributed by atoms with van der Waals surface area (Å²) in [6, 6.07) is 9.01. The lowest BCUT2D eigenvalue weighted by molar-refractivity contribution is -0.384. The number of rotatable bonds is 6. The quantitative estimate of drug-likeness (QED) is 0.307. The first-order chi connectivity index (χ1) is 12.9. The average Bonchev–Trinajstić information content (AvgIpc) is 3.05. The van der Waals surface area contributed by atoms with Crippen LogP contribution >= 0.6 is 0 Å². The topological polar surface area (TPSA) is 120 Å². The number of esters is 1. The number of phenols is 1. The molecule has 0 saturated carbocycles. The van der Waals surface area contributed by atoms with Gasteiger partial charge in [0, 0.05) is 24.6 Å². The minimum absolute atomic E-state index is 0.0516. The maximum absolute atomic E-state index is 11.3. The third kappa shape index (κ3) is 3.92. The van der Waals surface area contributed by atoms with E-state index in [2.05, 4.69) is 16.8 Å². The number of fused-ring (bicyclic) bond motifs is 1. The molecule has 1 aromatic heterocycles. The molecular formula is C18H16N4O5. The summed E-state index contributed by atoms with van der Waals surface area (Å²) in [5, 5.41) is 29.5. The maximum atomic E-state index is 11.3. The Morgan fingerprint density at radius 3 is 2.78 bits per heavy atom. The highest BCUT2D eigenvalue weighted by atomic mass is 16.6. The number of aromatic nitrogens is 3. The molecule has 1 N–H and O–H groups in total. The highest BCUT2D eigenvalue weighted by Crippen LogP contribution is 2.25. The van der Waals surface area contributed by atoms with Crippen LogP contribution in [0.2, 0.25) is 0 Å². The Labute approximate surface area is 153 Å². The van der Waals surface area contributed by atoms with Crippen molar-refractivity contribution in [3.05, 3.63) is 64.7 Å². The van der Waals surface area contributed by atoms with E-state index < -0.39 is 10.9 Å². The number of phenolic OH excluding ortho intramolecular Hbond substituents is 1. The molecule has 0 bridgehead atoms. The van der Waals surface area contributed by atoms with Crippen molar-refractivity contribution >= 4 is 22.7 Å². The van der Waals surface area contributed by atoms with Gasteiger partial charge < -0.3 is 9.84 Å². The fourth-order valence-electron chi connectivity index (χ4n) is 2.60. The summed E-state index contributed by atoms with van der Waals surface area (Å²) < 4.78 is 5.14. The predicted molar refractivity (Wildman–Crippen MR) is 96.6 cm³/mol. The van der Waals surface area contributed by atoms with E-state index in [1.165, 1.54) is 29.1 Å². The molecular weight excluding hydrogens is 352 g/mol. The molecule has 1 unspecified atom stereocenters. The van der Waals surface area contributed by atoms with E-state index in [1.54, 1.807) is 19.1 Å². The number of nitro groups is 1. The first kappa shape index (κ1) is 18.1. The number of non-ortho nitro benzene ring substituents is 1. The van der Waals surface area contributed by atoms with Gasteiger partial charge in [-0.15, -0.1) is 15.0 Å². The Morgan fingerprint density at radius 2 is 2.07 bits per heavy atom. The number of hydrogen-bond acceptors (Lipinski definition) is 7. The van der Waals surface area contributed by atoms with Gasteiger partial charge in [0.1, 0.15) is 28.6 Å². The van der Waals surface area contributed by atoms with Crippen LogP contribution in [0.1, 0.15) is 12.5 Å². The number of carbonyl (C=O) groups excluding carboxylic acids is 1. The molecule has 138 valence electrons. The van der Waals surface area contributed by atoms with Crippen LogP contribution < -0.4 is 0 Å². The highest BCUT2D eigenvalue weighted by molar-refractivity contribution is 5.81. The summed E-state index contributed by atoms with van der Waals surface area (Å²) in [4.78, 5) is 22.9.